The van der Waals surface area contributed by atoms with Gasteiger partial charge in [-0.1, -0.05) is 0 Å². The molecule has 1 unspecified atom stereocenters. The molecule has 12 heavy (non-hydrogen) atoms. The first-order valence-electron chi connectivity index (χ1n) is 3.53. The Balaban J connectivity index is 2.58. The normalized spacial score (nSPS) is 13.8. The van der Waals surface area contributed by atoms with Crippen LogP contribution in [0.1, 0.15) is 5.82 Å². The molecule has 1 heterocycles. The Morgan fingerprint density at radius 3 is 2.75 bits per heavy atom. The maximum absolute atomic E-state index is 11.9. The Labute approximate surface area is 68.7 Å². The van der Waals surface area contributed by atoms with Gasteiger partial charge in [0.2, 0.25) is 0 Å². The first-order chi connectivity index (χ1) is 5.61. The Morgan fingerprint density at radius 1 is 1.67 bits per heavy atom. The van der Waals surface area contributed by atoms with Crippen molar-refractivity contribution >= 4 is 0 Å². The molecule has 0 amide bonds. The number of hydrogen-bond donors (Lipinski definition) is 1. The zero-order chi connectivity index (χ0) is 9.14. The lowest BCUT2D eigenvalue weighted by molar-refractivity contribution is -0.00501. The minimum atomic E-state index is -2.71. The van der Waals surface area contributed by atoms with Crippen LogP contribution in [0.5, 0.6) is 0 Å². The second kappa shape index (κ2) is 3.62. The zero-order valence-electron chi connectivity index (χ0n) is 6.61. The van der Waals surface area contributed by atoms with Gasteiger partial charge in [0, 0.05) is 25.9 Å². The summed E-state index contributed by atoms with van der Waals surface area (Å²) in [5.74, 6) is 0.461. The van der Waals surface area contributed by atoms with E-state index in [1.807, 2.05) is 0 Å². The van der Waals surface area contributed by atoms with E-state index in [1.54, 1.807) is 17.8 Å². The van der Waals surface area contributed by atoms with Gasteiger partial charge in [-0.15, -0.1) is 0 Å². The van der Waals surface area contributed by atoms with Crippen LogP contribution in [0.3, 0.4) is 0 Å². The van der Waals surface area contributed by atoms with Crippen molar-refractivity contribution in [3.63, 3.8) is 0 Å². The molecule has 0 fully saturated rings. The van der Waals surface area contributed by atoms with E-state index in [2.05, 4.69) is 4.98 Å². The number of hydrogen-bond acceptors (Lipinski definition) is 2. The molecule has 0 spiro atoms. The van der Waals surface area contributed by atoms with Gasteiger partial charge in [-0.2, -0.15) is 0 Å². The first-order valence-corrected chi connectivity index (χ1v) is 3.53. The molecule has 1 rings (SSSR count). The van der Waals surface area contributed by atoms with Crippen molar-refractivity contribution in [3.8, 4) is 0 Å². The summed E-state index contributed by atoms with van der Waals surface area (Å²) in [5, 5.41) is 8.82. The fourth-order valence-electron chi connectivity index (χ4n) is 0.869. The maximum atomic E-state index is 11.9. The third-order valence-electron chi connectivity index (χ3n) is 1.60. The lowest BCUT2D eigenvalue weighted by Gasteiger charge is -2.08. The zero-order valence-corrected chi connectivity index (χ0v) is 6.61. The van der Waals surface area contributed by atoms with Crippen LogP contribution >= 0.6 is 0 Å². The number of nitrogens with zero attached hydrogens (tertiary/aromatic N) is 2. The van der Waals surface area contributed by atoms with Crippen LogP contribution in [-0.4, -0.2) is 27.2 Å². The highest BCUT2D eigenvalue weighted by Crippen LogP contribution is 2.06. The summed E-state index contributed by atoms with van der Waals surface area (Å²) < 4.78 is 25.3. The minimum Gasteiger partial charge on any atom is -0.387 e. The Bertz CT molecular complexity index is 249. The molecule has 0 aliphatic rings. The molecule has 1 aromatic rings. The van der Waals surface area contributed by atoms with Crippen LogP contribution in [0.15, 0.2) is 12.4 Å². The third-order valence-corrected chi connectivity index (χ3v) is 1.60. The van der Waals surface area contributed by atoms with Crippen LogP contribution in [0, 0.1) is 0 Å². The Hall–Kier alpha value is -0.970. The highest BCUT2D eigenvalue weighted by molar-refractivity contribution is 4.93. The average Bonchev–Trinajstić information content (AvgIpc) is 2.36. The number of halogens is 2. The molecule has 0 aromatic carbocycles. The summed E-state index contributed by atoms with van der Waals surface area (Å²) in [4.78, 5) is 3.81. The van der Waals surface area contributed by atoms with Gasteiger partial charge in [-0.3, -0.25) is 0 Å². The highest BCUT2D eigenvalue weighted by Gasteiger charge is 2.18. The van der Waals surface area contributed by atoms with Gasteiger partial charge in [-0.05, 0) is 0 Å². The van der Waals surface area contributed by atoms with Gasteiger partial charge >= 0.3 is 0 Å². The number of imidazole rings is 1. The molecule has 3 nitrogen and oxygen atoms in total. The fourth-order valence-corrected chi connectivity index (χ4v) is 0.869. The van der Waals surface area contributed by atoms with Gasteiger partial charge in [0.15, 0.2) is 0 Å². The van der Waals surface area contributed by atoms with E-state index in [4.69, 9.17) is 5.11 Å². The van der Waals surface area contributed by atoms with E-state index in [1.165, 1.54) is 6.20 Å². The van der Waals surface area contributed by atoms with E-state index in [-0.39, 0.29) is 6.42 Å². The predicted molar refractivity (Wildman–Crippen MR) is 38.9 cm³/mol. The second-order valence-corrected chi connectivity index (χ2v) is 2.56. The van der Waals surface area contributed by atoms with Crippen LogP contribution in [0.2, 0.25) is 0 Å². The van der Waals surface area contributed by atoms with E-state index in [9.17, 15) is 8.78 Å². The lowest BCUT2D eigenvalue weighted by atomic mass is 10.2. The largest absolute Gasteiger partial charge is 0.387 e. The topological polar surface area (TPSA) is 38.0 Å². The van der Waals surface area contributed by atoms with Gasteiger partial charge < -0.3 is 9.67 Å². The number of aliphatic hydroxyl groups excluding tert-OH is 1. The van der Waals surface area contributed by atoms with Crippen molar-refractivity contribution in [2.24, 2.45) is 7.05 Å². The lowest BCUT2D eigenvalue weighted by Crippen LogP contribution is -2.21. The molecule has 5 heteroatoms. The standard InChI is InChI=1S/C7H10F2N2O/c1-11-3-2-10-6(11)4-5(12)7(8)9/h2-3,5,7,12H,4H2,1H3. The number of aromatic nitrogens is 2. The Kier molecular flexibility index (Phi) is 2.75. The Morgan fingerprint density at radius 2 is 2.33 bits per heavy atom. The van der Waals surface area contributed by atoms with E-state index < -0.39 is 12.5 Å². The van der Waals surface area contributed by atoms with Crippen molar-refractivity contribution in [3.05, 3.63) is 18.2 Å². The number of aryl methyl sites for hydroxylation is 1. The molecule has 0 saturated heterocycles. The van der Waals surface area contributed by atoms with Gasteiger partial charge in [0.05, 0.1) is 0 Å². The molecule has 1 N–H and O–H groups in total. The highest BCUT2D eigenvalue weighted by atomic mass is 19.3. The van der Waals surface area contributed by atoms with Crippen molar-refractivity contribution in [2.45, 2.75) is 19.0 Å². The van der Waals surface area contributed by atoms with Crippen LogP contribution in [-0.2, 0) is 13.5 Å². The minimum absolute atomic E-state index is 0.110. The number of rotatable bonds is 3. The molecule has 1 aromatic heterocycles. The summed E-state index contributed by atoms with van der Waals surface area (Å²) in [6.45, 7) is 0. The van der Waals surface area contributed by atoms with Crippen LogP contribution in [0.25, 0.3) is 0 Å². The van der Waals surface area contributed by atoms with Gasteiger partial charge in [-0.25, -0.2) is 13.8 Å². The maximum Gasteiger partial charge on any atom is 0.264 e. The molecule has 0 aliphatic heterocycles. The number of alkyl halides is 2. The summed E-state index contributed by atoms with van der Waals surface area (Å²) in [7, 11) is 1.69. The monoisotopic (exact) mass is 176 g/mol. The average molecular weight is 176 g/mol. The van der Waals surface area contributed by atoms with Crippen molar-refractivity contribution in [1.82, 2.24) is 9.55 Å². The van der Waals surface area contributed by atoms with E-state index in [0.29, 0.717) is 5.82 Å². The predicted octanol–water partition coefficient (Wildman–Crippen LogP) is 0.589. The van der Waals surface area contributed by atoms with Crippen molar-refractivity contribution in [1.29, 1.82) is 0 Å². The molecule has 0 radical (unpaired) electrons. The summed E-state index contributed by atoms with van der Waals surface area (Å²) in [5.41, 5.74) is 0. The summed E-state index contributed by atoms with van der Waals surface area (Å²) in [6.07, 6.45) is -1.28. The summed E-state index contributed by atoms with van der Waals surface area (Å²) in [6, 6.07) is 0. The molecule has 0 saturated carbocycles. The van der Waals surface area contributed by atoms with E-state index >= 15 is 0 Å². The summed E-state index contributed by atoms with van der Waals surface area (Å²) >= 11 is 0. The van der Waals surface area contributed by atoms with Crippen molar-refractivity contribution < 1.29 is 13.9 Å². The second-order valence-electron chi connectivity index (χ2n) is 2.56. The molecule has 68 valence electrons. The quantitative estimate of drug-likeness (QED) is 0.731. The molecule has 0 bridgehead atoms. The smallest absolute Gasteiger partial charge is 0.264 e. The molecule has 0 aliphatic carbocycles. The fraction of sp³-hybridized carbons (Fsp3) is 0.571. The van der Waals surface area contributed by atoms with Crippen molar-refractivity contribution in [2.75, 3.05) is 0 Å². The van der Waals surface area contributed by atoms with E-state index in [0.717, 1.165) is 0 Å². The molecular formula is C7H10F2N2O. The molecular weight excluding hydrogens is 166 g/mol. The SMILES string of the molecule is Cn1ccnc1CC(O)C(F)F. The third kappa shape index (κ3) is 2.01. The first kappa shape index (κ1) is 9.12. The molecule has 1 atom stereocenters. The van der Waals surface area contributed by atoms with Gasteiger partial charge in [0.25, 0.3) is 6.43 Å². The van der Waals surface area contributed by atoms with Crippen LogP contribution < -0.4 is 0 Å². The number of aliphatic hydroxyl groups is 1. The van der Waals surface area contributed by atoms with Crippen LogP contribution in [0.4, 0.5) is 8.78 Å². The van der Waals surface area contributed by atoms with Gasteiger partial charge in [0.1, 0.15) is 11.9 Å².